The zero-order chi connectivity index (χ0) is 21.4. The van der Waals surface area contributed by atoms with Crippen LogP contribution in [0.25, 0.3) is 0 Å². The topological polar surface area (TPSA) is 73.8 Å². The fourth-order valence-electron chi connectivity index (χ4n) is 3.89. The molecule has 1 saturated heterocycles. The van der Waals surface area contributed by atoms with Crippen molar-refractivity contribution in [2.75, 3.05) is 38.7 Å². The first-order valence-electron chi connectivity index (χ1n) is 10.4. The van der Waals surface area contributed by atoms with Gasteiger partial charge in [-0.3, -0.25) is 9.89 Å². The average Bonchev–Trinajstić information content (AvgIpc) is 2.64. The lowest BCUT2D eigenvalue weighted by Gasteiger charge is -2.39. The molecule has 0 aliphatic carbocycles. The standard InChI is InChI=1S/C21H35ClN4O2S/c1-5-23-21(25-16(2)11-13-29(4,27)28)24-15-18-9-7-12-26(3)20(18)17-8-6-10-19(22)14-17/h6,8,10,14,16,18,20H,5,7,9,11-13,15H2,1-4H3,(H2,23,24,25). The molecule has 29 heavy (non-hydrogen) atoms. The molecule has 1 aromatic rings. The summed E-state index contributed by atoms with van der Waals surface area (Å²) in [5.74, 6) is 1.31. The summed E-state index contributed by atoms with van der Waals surface area (Å²) in [6, 6.07) is 8.44. The Hall–Kier alpha value is -1.31. The van der Waals surface area contributed by atoms with Crippen LogP contribution in [0.2, 0.25) is 5.02 Å². The second-order valence-corrected chi connectivity index (χ2v) is 10.8. The van der Waals surface area contributed by atoms with E-state index in [4.69, 9.17) is 16.6 Å². The Morgan fingerprint density at radius 2 is 2.17 bits per heavy atom. The molecule has 1 heterocycles. The molecule has 6 nitrogen and oxygen atoms in total. The molecular formula is C21H35ClN4O2S. The Balaban J connectivity index is 2.08. The lowest BCUT2D eigenvalue weighted by atomic mass is 9.85. The fourth-order valence-corrected chi connectivity index (χ4v) is 4.87. The highest BCUT2D eigenvalue weighted by molar-refractivity contribution is 7.90. The lowest BCUT2D eigenvalue weighted by molar-refractivity contribution is 0.125. The maximum absolute atomic E-state index is 11.4. The summed E-state index contributed by atoms with van der Waals surface area (Å²) in [6.45, 7) is 6.55. The minimum atomic E-state index is -2.96. The molecule has 2 rings (SSSR count). The summed E-state index contributed by atoms with van der Waals surface area (Å²) < 4.78 is 22.8. The molecule has 1 fully saturated rings. The van der Waals surface area contributed by atoms with Crippen LogP contribution in [0.3, 0.4) is 0 Å². The van der Waals surface area contributed by atoms with E-state index in [1.165, 1.54) is 11.8 Å². The first kappa shape index (κ1) is 24.0. The summed E-state index contributed by atoms with van der Waals surface area (Å²) in [6.07, 6.45) is 4.10. The van der Waals surface area contributed by atoms with E-state index in [0.29, 0.717) is 18.9 Å². The van der Waals surface area contributed by atoms with Gasteiger partial charge in [0, 0.05) is 36.5 Å². The van der Waals surface area contributed by atoms with E-state index >= 15 is 0 Å². The van der Waals surface area contributed by atoms with Gasteiger partial charge in [0.1, 0.15) is 9.84 Å². The number of rotatable bonds is 8. The molecule has 0 bridgehead atoms. The van der Waals surface area contributed by atoms with Gasteiger partial charge in [0.25, 0.3) is 0 Å². The van der Waals surface area contributed by atoms with Crippen LogP contribution < -0.4 is 10.6 Å². The normalized spacial score (nSPS) is 22.3. The van der Waals surface area contributed by atoms with Crippen LogP contribution in [0.4, 0.5) is 0 Å². The lowest BCUT2D eigenvalue weighted by Crippen LogP contribution is -2.43. The van der Waals surface area contributed by atoms with Crippen LogP contribution >= 0.6 is 11.6 Å². The number of aliphatic imine (C=N–C) groups is 1. The Bertz CT molecular complexity index is 785. The van der Waals surface area contributed by atoms with E-state index in [2.05, 4.69) is 34.7 Å². The number of piperidine rings is 1. The monoisotopic (exact) mass is 442 g/mol. The number of guanidine groups is 1. The van der Waals surface area contributed by atoms with Gasteiger partial charge < -0.3 is 10.6 Å². The summed E-state index contributed by atoms with van der Waals surface area (Å²) in [4.78, 5) is 7.23. The number of benzene rings is 1. The quantitative estimate of drug-likeness (QED) is 0.478. The number of nitrogens with one attached hydrogen (secondary N) is 2. The summed E-state index contributed by atoms with van der Waals surface area (Å²) in [7, 11) is -0.796. The van der Waals surface area contributed by atoms with E-state index < -0.39 is 9.84 Å². The maximum atomic E-state index is 11.4. The average molecular weight is 443 g/mol. The van der Waals surface area contributed by atoms with Crippen LogP contribution in [0.5, 0.6) is 0 Å². The molecule has 164 valence electrons. The maximum Gasteiger partial charge on any atom is 0.191 e. The Kier molecular flexibility index (Phi) is 9.24. The molecule has 0 saturated carbocycles. The van der Waals surface area contributed by atoms with Crippen molar-refractivity contribution in [3.8, 4) is 0 Å². The Labute approximate surface area is 181 Å². The van der Waals surface area contributed by atoms with E-state index in [1.807, 2.05) is 26.0 Å². The highest BCUT2D eigenvalue weighted by Gasteiger charge is 2.30. The van der Waals surface area contributed by atoms with Crippen molar-refractivity contribution in [2.45, 2.75) is 45.2 Å². The second kappa shape index (κ2) is 11.2. The molecule has 0 spiro atoms. The van der Waals surface area contributed by atoms with Crippen molar-refractivity contribution in [2.24, 2.45) is 10.9 Å². The van der Waals surface area contributed by atoms with Crippen LogP contribution in [-0.4, -0.2) is 64.0 Å². The number of likely N-dealkylation sites (tertiary alicyclic amines) is 1. The van der Waals surface area contributed by atoms with Crippen LogP contribution in [0, 0.1) is 5.92 Å². The van der Waals surface area contributed by atoms with E-state index in [0.717, 1.165) is 36.9 Å². The molecule has 8 heteroatoms. The van der Waals surface area contributed by atoms with Crippen LogP contribution in [0.1, 0.15) is 44.7 Å². The highest BCUT2D eigenvalue weighted by Crippen LogP contribution is 2.36. The van der Waals surface area contributed by atoms with Gasteiger partial charge in [-0.05, 0) is 70.3 Å². The fraction of sp³-hybridized carbons (Fsp3) is 0.667. The molecule has 0 radical (unpaired) electrons. The first-order chi connectivity index (χ1) is 13.7. The van der Waals surface area contributed by atoms with Crippen molar-refractivity contribution < 1.29 is 8.42 Å². The first-order valence-corrected chi connectivity index (χ1v) is 12.8. The summed E-state index contributed by atoms with van der Waals surface area (Å²) >= 11 is 6.24. The smallest absolute Gasteiger partial charge is 0.191 e. The van der Waals surface area contributed by atoms with E-state index in [-0.39, 0.29) is 17.8 Å². The highest BCUT2D eigenvalue weighted by atomic mass is 35.5. The van der Waals surface area contributed by atoms with Gasteiger partial charge in [0.2, 0.25) is 0 Å². The summed E-state index contributed by atoms with van der Waals surface area (Å²) in [5.41, 5.74) is 1.24. The van der Waals surface area contributed by atoms with E-state index in [1.54, 1.807) is 0 Å². The predicted octanol–water partition coefficient (Wildman–Crippen LogP) is 3.10. The molecule has 3 atom stereocenters. The van der Waals surface area contributed by atoms with Gasteiger partial charge in [0.15, 0.2) is 5.96 Å². The third-order valence-electron chi connectivity index (χ3n) is 5.33. The molecule has 2 N–H and O–H groups in total. The number of nitrogens with zero attached hydrogens (tertiary/aromatic N) is 2. The van der Waals surface area contributed by atoms with Gasteiger partial charge in [-0.25, -0.2) is 8.42 Å². The van der Waals surface area contributed by atoms with Crippen molar-refractivity contribution in [3.63, 3.8) is 0 Å². The van der Waals surface area contributed by atoms with Crippen molar-refractivity contribution in [1.29, 1.82) is 0 Å². The molecule has 3 unspecified atom stereocenters. The zero-order valence-corrected chi connectivity index (χ0v) is 19.6. The van der Waals surface area contributed by atoms with Crippen molar-refractivity contribution >= 4 is 27.4 Å². The molecule has 0 aromatic heterocycles. The van der Waals surface area contributed by atoms with Gasteiger partial charge in [-0.1, -0.05) is 23.7 Å². The second-order valence-electron chi connectivity index (χ2n) is 8.07. The molecule has 1 aliphatic heterocycles. The summed E-state index contributed by atoms with van der Waals surface area (Å²) in [5, 5.41) is 7.39. The number of sulfone groups is 1. The number of halogens is 1. The molecule has 0 amide bonds. The molecular weight excluding hydrogens is 408 g/mol. The predicted molar refractivity (Wildman–Crippen MR) is 122 cm³/mol. The van der Waals surface area contributed by atoms with E-state index in [9.17, 15) is 8.42 Å². The number of hydrogen-bond donors (Lipinski definition) is 2. The minimum Gasteiger partial charge on any atom is -0.357 e. The molecule has 1 aromatic carbocycles. The Morgan fingerprint density at radius 3 is 2.83 bits per heavy atom. The van der Waals surface area contributed by atoms with Gasteiger partial charge >= 0.3 is 0 Å². The van der Waals surface area contributed by atoms with Crippen LogP contribution in [-0.2, 0) is 9.84 Å². The van der Waals surface area contributed by atoms with Crippen molar-refractivity contribution in [3.05, 3.63) is 34.9 Å². The Morgan fingerprint density at radius 1 is 1.41 bits per heavy atom. The van der Waals surface area contributed by atoms with Gasteiger partial charge in [-0.15, -0.1) is 0 Å². The largest absolute Gasteiger partial charge is 0.357 e. The third kappa shape index (κ3) is 8.15. The van der Waals surface area contributed by atoms with Gasteiger partial charge in [0.05, 0.1) is 5.75 Å². The SMILES string of the molecule is CCNC(=NCC1CCCN(C)C1c1cccc(Cl)c1)NC(C)CCS(C)(=O)=O. The minimum absolute atomic E-state index is 0.0280. The third-order valence-corrected chi connectivity index (χ3v) is 6.54. The van der Waals surface area contributed by atoms with Crippen LogP contribution in [0.15, 0.2) is 29.3 Å². The van der Waals surface area contributed by atoms with Crippen molar-refractivity contribution in [1.82, 2.24) is 15.5 Å². The zero-order valence-electron chi connectivity index (χ0n) is 18.0. The molecule has 1 aliphatic rings. The number of hydrogen-bond acceptors (Lipinski definition) is 4. The van der Waals surface area contributed by atoms with Gasteiger partial charge in [-0.2, -0.15) is 0 Å².